The highest BCUT2D eigenvalue weighted by Crippen LogP contribution is 2.38. The fourth-order valence-corrected chi connectivity index (χ4v) is 5.85. The second-order valence-corrected chi connectivity index (χ2v) is 10.1. The zero-order chi connectivity index (χ0) is 20.8. The number of fused-ring (bicyclic) bond motifs is 2. The number of benzene rings is 1. The monoisotopic (exact) mass is 432 g/mol. The molecule has 0 aliphatic heterocycles. The van der Waals surface area contributed by atoms with Crippen LogP contribution in [0.25, 0.3) is 11.0 Å². The average Bonchev–Trinajstić information content (AvgIpc) is 3.20. The van der Waals surface area contributed by atoms with E-state index in [1.54, 1.807) is 24.3 Å². The molecule has 8 nitrogen and oxygen atoms in total. The fourth-order valence-electron chi connectivity index (χ4n) is 3.71. The van der Waals surface area contributed by atoms with Crippen LogP contribution in [-0.2, 0) is 34.0 Å². The number of aryl methyl sites for hydroxylation is 1. The molecule has 3 aromatic rings. The Hall–Kier alpha value is -2.72. The van der Waals surface area contributed by atoms with E-state index < -0.39 is 21.7 Å². The number of nitrogens with zero attached hydrogens (tertiary/aromatic N) is 2. The van der Waals surface area contributed by atoms with E-state index in [1.807, 2.05) is 0 Å². The van der Waals surface area contributed by atoms with Crippen LogP contribution in [0.1, 0.15) is 33.6 Å². The topological polar surface area (TPSA) is 124 Å². The second-order valence-electron chi connectivity index (χ2n) is 7.07. The summed E-state index contributed by atoms with van der Waals surface area (Å²) in [6, 6.07) is 6.91. The van der Waals surface area contributed by atoms with Crippen molar-refractivity contribution in [1.82, 2.24) is 9.55 Å². The van der Waals surface area contributed by atoms with Crippen LogP contribution in [0.3, 0.4) is 0 Å². The SMILES string of the molecule is CS(=O)(=O)c1nc2ccccc2n1CC(=O)Nc1sc2c(c1C(N)=O)CCCC2. The van der Waals surface area contributed by atoms with Crippen molar-refractivity contribution in [3.05, 3.63) is 40.3 Å². The van der Waals surface area contributed by atoms with Gasteiger partial charge in [-0.15, -0.1) is 11.3 Å². The van der Waals surface area contributed by atoms with Crippen molar-refractivity contribution in [3.8, 4) is 0 Å². The van der Waals surface area contributed by atoms with Gasteiger partial charge in [0, 0.05) is 11.1 Å². The summed E-state index contributed by atoms with van der Waals surface area (Å²) in [6.07, 6.45) is 4.71. The average molecular weight is 433 g/mol. The van der Waals surface area contributed by atoms with Crippen LogP contribution in [0.2, 0.25) is 0 Å². The molecule has 0 saturated heterocycles. The van der Waals surface area contributed by atoms with Gasteiger partial charge in [0.05, 0.1) is 16.6 Å². The van der Waals surface area contributed by atoms with Crippen molar-refractivity contribution in [3.63, 3.8) is 0 Å². The fraction of sp³-hybridized carbons (Fsp3) is 0.316. The van der Waals surface area contributed by atoms with Crippen LogP contribution in [0.15, 0.2) is 29.4 Å². The molecule has 0 unspecified atom stereocenters. The Bertz CT molecular complexity index is 1240. The zero-order valence-corrected chi connectivity index (χ0v) is 17.4. The van der Waals surface area contributed by atoms with E-state index >= 15 is 0 Å². The van der Waals surface area contributed by atoms with Gasteiger partial charge in [-0.25, -0.2) is 13.4 Å². The number of carbonyl (C=O) groups is 2. The molecule has 0 bridgehead atoms. The highest BCUT2D eigenvalue weighted by Gasteiger charge is 2.26. The van der Waals surface area contributed by atoms with Crippen LogP contribution in [0.4, 0.5) is 5.00 Å². The summed E-state index contributed by atoms with van der Waals surface area (Å²) < 4.78 is 25.7. The predicted octanol–water partition coefficient (Wildman–Crippen LogP) is 2.12. The third-order valence-electron chi connectivity index (χ3n) is 4.92. The van der Waals surface area contributed by atoms with Crippen LogP contribution >= 0.6 is 11.3 Å². The van der Waals surface area contributed by atoms with Crippen LogP contribution < -0.4 is 11.1 Å². The number of imidazole rings is 1. The highest BCUT2D eigenvalue weighted by atomic mass is 32.2. The summed E-state index contributed by atoms with van der Waals surface area (Å²) in [6.45, 7) is -0.246. The lowest BCUT2D eigenvalue weighted by molar-refractivity contribution is -0.116. The lowest BCUT2D eigenvalue weighted by Gasteiger charge is -2.11. The van der Waals surface area contributed by atoms with Crippen LogP contribution in [0.5, 0.6) is 0 Å². The molecule has 0 saturated carbocycles. The number of nitrogens with one attached hydrogen (secondary N) is 1. The van der Waals surface area contributed by atoms with Crippen LogP contribution in [-0.4, -0.2) is 36.0 Å². The number of para-hydroxylation sites is 2. The summed E-state index contributed by atoms with van der Waals surface area (Å²) in [5.74, 6) is -1.01. The molecule has 10 heteroatoms. The molecule has 1 aromatic carbocycles. The molecule has 29 heavy (non-hydrogen) atoms. The summed E-state index contributed by atoms with van der Waals surface area (Å²) in [7, 11) is -3.64. The second kappa shape index (κ2) is 7.27. The maximum Gasteiger partial charge on any atom is 0.251 e. The molecule has 2 heterocycles. The molecule has 0 spiro atoms. The molecule has 2 aromatic heterocycles. The van der Waals surface area contributed by atoms with Gasteiger partial charge >= 0.3 is 0 Å². The summed E-state index contributed by atoms with van der Waals surface area (Å²) >= 11 is 1.37. The molecule has 0 fully saturated rings. The van der Waals surface area contributed by atoms with Gasteiger partial charge in [-0.3, -0.25) is 9.59 Å². The maximum absolute atomic E-state index is 12.8. The predicted molar refractivity (Wildman–Crippen MR) is 111 cm³/mol. The number of aromatic nitrogens is 2. The van der Waals surface area contributed by atoms with Crippen molar-refractivity contribution < 1.29 is 18.0 Å². The molecular formula is C19H20N4O4S2. The van der Waals surface area contributed by atoms with Gasteiger partial charge in [0.15, 0.2) is 0 Å². The number of thiophene rings is 1. The number of hydrogen-bond acceptors (Lipinski definition) is 6. The largest absolute Gasteiger partial charge is 0.365 e. The van der Waals surface area contributed by atoms with E-state index in [4.69, 9.17) is 5.73 Å². The van der Waals surface area contributed by atoms with Gasteiger partial charge in [0.25, 0.3) is 5.91 Å². The first-order chi connectivity index (χ1) is 13.8. The van der Waals surface area contributed by atoms with Crippen molar-refractivity contribution in [2.45, 2.75) is 37.4 Å². The molecule has 2 amide bonds. The smallest absolute Gasteiger partial charge is 0.251 e. The molecule has 0 radical (unpaired) electrons. The van der Waals surface area contributed by atoms with Gasteiger partial charge in [0.2, 0.25) is 20.9 Å². The molecule has 1 aliphatic carbocycles. The first-order valence-corrected chi connectivity index (χ1v) is 11.9. The van der Waals surface area contributed by atoms with E-state index in [0.717, 1.165) is 42.4 Å². The number of sulfone groups is 1. The molecule has 0 atom stereocenters. The van der Waals surface area contributed by atoms with Gasteiger partial charge in [-0.1, -0.05) is 12.1 Å². The van der Waals surface area contributed by atoms with E-state index in [-0.39, 0.29) is 11.7 Å². The molecule has 3 N–H and O–H groups in total. The Morgan fingerprint density at radius 3 is 2.69 bits per heavy atom. The van der Waals surface area contributed by atoms with E-state index in [0.29, 0.717) is 21.6 Å². The number of hydrogen-bond donors (Lipinski definition) is 2. The standard InChI is InChI=1S/C19H20N4O4S2/c1-29(26,27)19-21-12-7-3-4-8-13(12)23(19)10-15(24)22-18-16(17(20)25)11-6-2-5-9-14(11)28-18/h3-4,7-8H,2,5-6,9-10H2,1H3,(H2,20,25)(H,22,24). The number of nitrogens with two attached hydrogens (primary N) is 1. The Labute approximate surface area is 171 Å². The normalized spacial score (nSPS) is 14.0. The van der Waals surface area contributed by atoms with Crippen molar-refractivity contribution in [2.75, 3.05) is 11.6 Å². The third-order valence-corrected chi connectivity index (χ3v) is 7.11. The first kappa shape index (κ1) is 19.6. The summed E-state index contributed by atoms with van der Waals surface area (Å²) in [4.78, 5) is 30.0. The summed E-state index contributed by atoms with van der Waals surface area (Å²) in [5.41, 5.74) is 7.91. The van der Waals surface area contributed by atoms with E-state index in [2.05, 4.69) is 10.3 Å². The molecular weight excluding hydrogens is 412 g/mol. The minimum absolute atomic E-state index is 0.172. The molecule has 4 rings (SSSR count). The Morgan fingerprint density at radius 2 is 1.97 bits per heavy atom. The first-order valence-electron chi connectivity index (χ1n) is 9.15. The van der Waals surface area contributed by atoms with Crippen molar-refractivity contribution in [1.29, 1.82) is 0 Å². The molecule has 1 aliphatic rings. The Morgan fingerprint density at radius 1 is 1.24 bits per heavy atom. The van der Waals surface area contributed by atoms with Gasteiger partial charge in [0.1, 0.15) is 11.5 Å². The van der Waals surface area contributed by atoms with Gasteiger partial charge in [-0.2, -0.15) is 0 Å². The quantitative estimate of drug-likeness (QED) is 0.639. The lowest BCUT2D eigenvalue weighted by atomic mass is 9.95. The highest BCUT2D eigenvalue weighted by molar-refractivity contribution is 7.90. The molecule has 152 valence electrons. The number of carbonyl (C=O) groups excluding carboxylic acids is 2. The lowest BCUT2D eigenvalue weighted by Crippen LogP contribution is -2.23. The van der Waals surface area contributed by atoms with Crippen LogP contribution in [0, 0.1) is 0 Å². The van der Waals surface area contributed by atoms with Gasteiger partial charge < -0.3 is 15.6 Å². The maximum atomic E-state index is 12.8. The Balaban J connectivity index is 1.68. The number of anilines is 1. The third kappa shape index (κ3) is 3.65. The zero-order valence-electron chi connectivity index (χ0n) is 15.8. The van der Waals surface area contributed by atoms with E-state index in [9.17, 15) is 18.0 Å². The minimum Gasteiger partial charge on any atom is -0.365 e. The van der Waals surface area contributed by atoms with E-state index in [1.165, 1.54) is 15.9 Å². The number of primary amides is 1. The van der Waals surface area contributed by atoms with Gasteiger partial charge in [-0.05, 0) is 43.4 Å². The van der Waals surface area contributed by atoms with Crippen molar-refractivity contribution in [2.24, 2.45) is 5.73 Å². The number of amides is 2. The Kier molecular flexibility index (Phi) is 4.91. The summed E-state index contributed by atoms with van der Waals surface area (Å²) in [5, 5.41) is 3.02. The van der Waals surface area contributed by atoms with Crippen molar-refractivity contribution >= 4 is 49.0 Å². The minimum atomic E-state index is -3.64. The number of rotatable bonds is 5.